The van der Waals surface area contributed by atoms with Crippen LogP contribution in [0, 0.1) is 3.57 Å². The number of halogens is 4. The number of hydrogen-bond donors (Lipinski definition) is 0. The third-order valence-electron chi connectivity index (χ3n) is 2.80. The summed E-state index contributed by atoms with van der Waals surface area (Å²) in [5.74, 6) is -0.181. The standard InChI is InChI=1S/C16H10F3IO/c17-16(18,19)12-8-5-11(6-9-12)7-10-15(21)13-3-1-2-4-14(13)20/h1-10H/b10-7+. The second kappa shape index (κ2) is 6.43. The Balaban J connectivity index is 2.15. The molecule has 2 aromatic rings. The quantitative estimate of drug-likeness (QED) is 0.392. The van der Waals surface area contributed by atoms with E-state index in [-0.39, 0.29) is 5.78 Å². The van der Waals surface area contributed by atoms with E-state index in [0.717, 1.165) is 15.7 Å². The van der Waals surface area contributed by atoms with Crippen molar-refractivity contribution in [2.24, 2.45) is 0 Å². The minimum Gasteiger partial charge on any atom is -0.289 e. The lowest BCUT2D eigenvalue weighted by atomic mass is 10.1. The van der Waals surface area contributed by atoms with E-state index >= 15 is 0 Å². The van der Waals surface area contributed by atoms with Crippen LogP contribution in [0.5, 0.6) is 0 Å². The SMILES string of the molecule is O=C(/C=C/c1ccc(C(F)(F)F)cc1)c1ccccc1I. The van der Waals surface area contributed by atoms with E-state index in [1.807, 2.05) is 12.1 Å². The fourth-order valence-corrected chi connectivity index (χ4v) is 2.36. The zero-order chi connectivity index (χ0) is 15.5. The van der Waals surface area contributed by atoms with Crippen molar-refractivity contribution >= 4 is 34.5 Å². The summed E-state index contributed by atoms with van der Waals surface area (Å²) in [5, 5.41) is 0. The van der Waals surface area contributed by atoms with Gasteiger partial charge >= 0.3 is 6.18 Å². The lowest BCUT2D eigenvalue weighted by Crippen LogP contribution is -2.04. The molecule has 0 saturated heterocycles. The maximum Gasteiger partial charge on any atom is 0.416 e. The van der Waals surface area contributed by atoms with Crippen LogP contribution >= 0.6 is 22.6 Å². The molecule has 0 N–H and O–H groups in total. The van der Waals surface area contributed by atoms with Gasteiger partial charge in [0.25, 0.3) is 0 Å². The first-order chi connectivity index (χ1) is 9.88. The van der Waals surface area contributed by atoms with E-state index in [2.05, 4.69) is 22.6 Å². The van der Waals surface area contributed by atoms with Gasteiger partial charge in [-0.15, -0.1) is 0 Å². The number of alkyl halides is 3. The highest BCUT2D eigenvalue weighted by atomic mass is 127. The Bertz CT molecular complexity index is 673. The molecule has 1 nitrogen and oxygen atoms in total. The van der Waals surface area contributed by atoms with Crippen molar-refractivity contribution in [2.45, 2.75) is 6.18 Å². The van der Waals surface area contributed by atoms with Crippen LogP contribution in [0.3, 0.4) is 0 Å². The molecule has 0 aliphatic rings. The van der Waals surface area contributed by atoms with E-state index in [9.17, 15) is 18.0 Å². The Kier molecular flexibility index (Phi) is 4.82. The maximum absolute atomic E-state index is 12.4. The van der Waals surface area contributed by atoms with Gasteiger partial charge in [0.05, 0.1) is 5.56 Å². The summed E-state index contributed by atoms with van der Waals surface area (Å²) in [6.07, 6.45) is -1.48. The highest BCUT2D eigenvalue weighted by molar-refractivity contribution is 14.1. The largest absolute Gasteiger partial charge is 0.416 e. The van der Waals surface area contributed by atoms with Crippen molar-refractivity contribution in [3.8, 4) is 0 Å². The summed E-state index contributed by atoms with van der Waals surface area (Å²) in [6, 6.07) is 11.8. The van der Waals surface area contributed by atoms with Gasteiger partial charge in [-0.05, 0) is 58.5 Å². The minimum atomic E-state index is -4.35. The fraction of sp³-hybridized carbons (Fsp3) is 0.0625. The van der Waals surface area contributed by atoms with Crippen molar-refractivity contribution in [3.63, 3.8) is 0 Å². The summed E-state index contributed by atoms with van der Waals surface area (Å²) in [4.78, 5) is 12.0. The van der Waals surface area contributed by atoms with Crippen molar-refractivity contribution in [1.82, 2.24) is 0 Å². The van der Waals surface area contributed by atoms with Gasteiger partial charge in [0.2, 0.25) is 0 Å². The number of rotatable bonds is 3. The smallest absolute Gasteiger partial charge is 0.289 e. The maximum atomic E-state index is 12.4. The van der Waals surface area contributed by atoms with Crippen LogP contribution in [0.2, 0.25) is 0 Å². The van der Waals surface area contributed by atoms with E-state index < -0.39 is 11.7 Å². The van der Waals surface area contributed by atoms with Crippen molar-refractivity contribution in [2.75, 3.05) is 0 Å². The normalized spacial score (nSPS) is 11.8. The molecular formula is C16H10F3IO. The molecule has 2 rings (SSSR count). The van der Waals surface area contributed by atoms with Gasteiger partial charge in [-0.3, -0.25) is 4.79 Å². The number of benzene rings is 2. The molecule has 0 radical (unpaired) electrons. The molecule has 0 aliphatic carbocycles. The molecule has 0 unspecified atom stereocenters. The van der Waals surface area contributed by atoms with Crippen LogP contribution in [-0.2, 0) is 6.18 Å². The van der Waals surface area contributed by atoms with E-state index in [1.165, 1.54) is 24.3 Å². The van der Waals surface area contributed by atoms with Crippen LogP contribution in [0.15, 0.2) is 54.6 Å². The van der Waals surface area contributed by atoms with Crippen molar-refractivity contribution in [1.29, 1.82) is 0 Å². The second-order valence-corrected chi connectivity index (χ2v) is 5.46. The van der Waals surface area contributed by atoms with Gasteiger partial charge in [0.1, 0.15) is 0 Å². The second-order valence-electron chi connectivity index (χ2n) is 4.30. The molecule has 0 fully saturated rings. The van der Waals surface area contributed by atoms with Crippen molar-refractivity contribution in [3.05, 3.63) is 74.9 Å². The molecule has 0 amide bonds. The predicted octanol–water partition coefficient (Wildman–Crippen LogP) is 5.21. The number of carbonyl (C=O) groups excluding carboxylic acids is 1. The Morgan fingerprint density at radius 1 is 1.00 bits per heavy atom. The molecule has 21 heavy (non-hydrogen) atoms. The van der Waals surface area contributed by atoms with Gasteiger partial charge in [-0.2, -0.15) is 13.2 Å². The number of ketones is 1. The summed E-state index contributed by atoms with van der Waals surface area (Å²) >= 11 is 2.06. The third-order valence-corrected chi connectivity index (χ3v) is 3.75. The first-order valence-electron chi connectivity index (χ1n) is 6.02. The average molecular weight is 402 g/mol. The Hall–Kier alpha value is -1.63. The van der Waals surface area contributed by atoms with Gasteiger partial charge in [-0.25, -0.2) is 0 Å². The summed E-state index contributed by atoms with van der Waals surface area (Å²) in [7, 11) is 0. The van der Waals surface area contributed by atoms with Gasteiger partial charge < -0.3 is 0 Å². The summed E-state index contributed by atoms with van der Waals surface area (Å²) < 4.78 is 38.1. The van der Waals surface area contributed by atoms with E-state index in [4.69, 9.17) is 0 Å². The number of allylic oxidation sites excluding steroid dienone is 1. The third kappa shape index (κ3) is 4.17. The van der Waals surface area contributed by atoms with Gasteiger partial charge in [0, 0.05) is 9.13 Å². The van der Waals surface area contributed by atoms with E-state index in [1.54, 1.807) is 12.1 Å². The Labute approximate surface area is 133 Å². The molecule has 0 aliphatic heterocycles. The zero-order valence-corrected chi connectivity index (χ0v) is 12.9. The van der Waals surface area contributed by atoms with Crippen LogP contribution in [0.4, 0.5) is 13.2 Å². The zero-order valence-electron chi connectivity index (χ0n) is 10.7. The lowest BCUT2D eigenvalue weighted by Gasteiger charge is -2.05. The fourth-order valence-electron chi connectivity index (χ4n) is 1.71. The topological polar surface area (TPSA) is 17.1 Å². The molecule has 5 heteroatoms. The first kappa shape index (κ1) is 15.8. The number of carbonyl (C=O) groups is 1. The Morgan fingerprint density at radius 2 is 1.62 bits per heavy atom. The molecule has 2 aromatic carbocycles. The number of hydrogen-bond acceptors (Lipinski definition) is 1. The van der Waals surface area contributed by atoms with Gasteiger partial charge in [0.15, 0.2) is 5.78 Å². The van der Waals surface area contributed by atoms with Crippen molar-refractivity contribution < 1.29 is 18.0 Å². The molecule has 0 heterocycles. The van der Waals surface area contributed by atoms with Crippen LogP contribution in [-0.4, -0.2) is 5.78 Å². The van der Waals surface area contributed by atoms with Crippen LogP contribution in [0.25, 0.3) is 6.08 Å². The highest BCUT2D eigenvalue weighted by Crippen LogP contribution is 2.29. The predicted molar refractivity (Wildman–Crippen MR) is 84.0 cm³/mol. The monoisotopic (exact) mass is 402 g/mol. The first-order valence-corrected chi connectivity index (χ1v) is 7.10. The lowest BCUT2D eigenvalue weighted by molar-refractivity contribution is -0.137. The Morgan fingerprint density at radius 3 is 2.19 bits per heavy atom. The van der Waals surface area contributed by atoms with Crippen LogP contribution in [0.1, 0.15) is 21.5 Å². The van der Waals surface area contributed by atoms with Gasteiger partial charge in [-0.1, -0.05) is 30.3 Å². The molecule has 0 saturated carbocycles. The summed E-state index contributed by atoms with van der Waals surface area (Å²) in [5.41, 5.74) is 0.409. The molecule has 0 bridgehead atoms. The van der Waals surface area contributed by atoms with E-state index in [0.29, 0.717) is 11.1 Å². The highest BCUT2D eigenvalue weighted by Gasteiger charge is 2.29. The molecular weight excluding hydrogens is 392 g/mol. The average Bonchev–Trinajstić information content (AvgIpc) is 2.45. The summed E-state index contributed by atoms with van der Waals surface area (Å²) in [6.45, 7) is 0. The molecule has 0 atom stereocenters. The molecule has 0 spiro atoms. The van der Waals surface area contributed by atoms with Crippen LogP contribution < -0.4 is 0 Å². The minimum absolute atomic E-state index is 0.181. The molecule has 0 aromatic heterocycles. The molecule has 108 valence electrons.